The number of halogens is 3. The second kappa shape index (κ2) is 11.4. The zero-order chi connectivity index (χ0) is 22.9. The molecule has 1 N–H and O–H groups in total. The molecule has 0 radical (unpaired) electrons. The van der Waals surface area contributed by atoms with Crippen LogP contribution in [0.5, 0.6) is 5.88 Å². The molecule has 31 heavy (non-hydrogen) atoms. The maximum absolute atomic E-state index is 10.6. The van der Waals surface area contributed by atoms with Gasteiger partial charge in [-0.15, -0.1) is 0 Å². The summed E-state index contributed by atoms with van der Waals surface area (Å²) in [6.07, 6.45) is 2.22. The molecule has 0 atom stereocenters. The van der Waals surface area contributed by atoms with Crippen LogP contribution in [-0.2, 0) is 24.4 Å². The van der Waals surface area contributed by atoms with E-state index in [1.807, 2.05) is 28.9 Å². The van der Waals surface area contributed by atoms with E-state index in [-0.39, 0.29) is 0 Å². The second-order valence-corrected chi connectivity index (χ2v) is 7.42. The van der Waals surface area contributed by atoms with E-state index in [1.54, 1.807) is 0 Å². The van der Waals surface area contributed by atoms with E-state index in [9.17, 15) is 18.4 Å². The van der Waals surface area contributed by atoms with Crippen molar-refractivity contribution in [3.05, 3.63) is 47.2 Å². The monoisotopic (exact) mass is 437 g/mol. The van der Waals surface area contributed by atoms with E-state index in [0.29, 0.717) is 18.1 Å². The summed E-state index contributed by atoms with van der Waals surface area (Å²) in [6.45, 7) is 3.52. The molecule has 1 aliphatic carbocycles. The molecule has 0 amide bonds. The lowest BCUT2D eigenvalue weighted by Gasteiger charge is -2.13. The van der Waals surface area contributed by atoms with Gasteiger partial charge in [0.1, 0.15) is 6.61 Å². The number of carbonyl (C=O) groups is 1. The largest absolute Gasteiger partial charge is 0.490 e. The summed E-state index contributed by atoms with van der Waals surface area (Å²) in [5.41, 5.74) is 2.69. The number of rotatable bonds is 7. The Kier molecular flexibility index (Phi) is 8.91. The summed E-state index contributed by atoms with van der Waals surface area (Å²) >= 11 is 0. The van der Waals surface area contributed by atoms with Gasteiger partial charge in [0.15, 0.2) is 0 Å². The minimum atomic E-state index is -5.08. The van der Waals surface area contributed by atoms with Crippen molar-refractivity contribution < 1.29 is 27.8 Å². The molecule has 0 bridgehead atoms. The van der Waals surface area contributed by atoms with E-state index in [4.69, 9.17) is 19.7 Å². The van der Waals surface area contributed by atoms with Crippen molar-refractivity contribution in [2.24, 2.45) is 5.92 Å². The number of nitriles is 1. The first-order chi connectivity index (χ1) is 14.7. The van der Waals surface area contributed by atoms with Crippen LogP contribution in [-0.4, -0.2) is 27.0 Å². The quantitative estimate of drug-likeness (QED) is 0.650. The van der Waals surface area contributed by atoms with Crippen molar-refractivity contribution in [2.75, 3.05) is 0 Å². The Morgan fingerprint density at radius 2 is 1.97 bits per heavy atom. The number of benzene rings is 1. The van der Waals surface area contributed by atoms with Crippen molar-refractivity contribution in [3.63, 3.8) is 0 Å². The predicted molar refractivity (Wildman–Crippen MR) is 107 cm³/mol. The third-order valence-electron chi connectivity index (χ3n) is 4.96. The zero-order valence-electron chi connectivity index (χ0n) is 17.4. The molecule has 0 aliphatic heterocycles. The van der Waals surface area contributed by atoms with Crippen LogP contribution in [0.25, 0.3) is 0 Å². The Hall–Kier alpha value is -3.02. The van der Waals surface area contributed by atoms with Crippen molar-refractivity contribution in [1.82, 2.24) is 9.78 Å². The Labute approximate surface area is 179 Å². The molecule has 1 aromatic carbocycles. The average Bonchev–Trinajstić information content (AvgIpc) is 3.37. The molecule has 2 aromatic rings. The number of aromatic nitrogens is 2. The van der Waals surface area contributed by atoms with Crippen molar-refractivity contribution in [1.29, 1.82) is 5.26 Å². The van der Waals surface area contributed by atoms with Gasteiger partial charge in [0.05, 0.1) is 17.3 Å². The highest BCUT2D eigenvalue weighted by atomic mass is 19.4. The molecule has 0 spiro atoms. The van der Waals surface area contributed by atoms with Crippen molar-refractivity contribution >= 4 is 5.97 Å². The Bertz CT molecular complexity index is 897. The number of carboxylic acids is 1. The first-order valence-electron chi connectivity index (χ1n) is 10.2. The third-order valence-corrected chi connectivity index (χ3v) is 4.96. The lowest BCUT2D eigenvalue weighted by Crippen LogP contribution is -2.21. The van der Waals surface area contributed by atoms with Crippen LogP contribution in [0.15, 0.2) is 30.3 Å². The molecule has 1 saturated carbocycles. The van der Waals surface area contributed by atoms with E-state index in [1.165, 1.54) is 25.7 Å². The minimum absolute atomic E-state index is 0.408. The van der Waals surface area contributed by atoms with Crippen LogP contribution in [0.3, 0.4) is 0 Å². The van der Waals surface area contributed by atoms with E-state index < -0.39 is 12.1 Å². The van der Waals surface area contributed by atoms with Gasteiger partial charge >= 0.3 is 12.1 Å². The topological polar surface area (TPSA) is 88.1 Å². The number of aliphatic carboxylic acids is 1. The number of hydrogen-bond acceptors (Lipinski definition) is 4. The molecular formula is C22H26F3N3O3. The molecule has 3 rings (SSSR count). The maximum Gasteiger partial charge on any atom is 0.490 e. The minimum Gasteiger partial charge on any atom is -0.475 e. The van der Waals surface area contributed by atoms with Gasteiger partial charge < -0.3 is 9.84 Å². The summed E-state index contributed by atoms with van der Waals surface area (Å²) in [5.74, 6) is -1.21. The van der Waals surface area contributed by atoms with Crippen LogP contribution in [0, 0.1) is 17.2 Å². The lowest BCUT2D eigenvalue weighted by atomic mass is 10.1. The molecule has 0 saturated heterocycles. The summed E-state index contributed by atoms with van der Waals surface area (Å²) in [5, 5.41) is 21.1. The Balaban J connectivity index is 0.000000423. The molecular weight excluding hydrogens is 411 g/mol. The van der Waals surface area contributed by atoms with Gasteiger partial charge in [-0.05, 0) is 31.2 Å². The Morgan fingerprint density at radius 3 is 2.55 bits per heavy atom. The van der Waals surface area contributed by atoms with E-state index in [0.717, 1.165) is 36.5 Å². The molecule has 1 aliphatic rings. The fourth-order valence-electron chi connectivity index (χ4n) is 3.42. The molecule has 9 heteroatoms. The van der Waals surface area contributed by atoms with Gasteiger partial charge in [0, 0.05) is 18.2 Å². The number of aryl methyl sites for hydroxylation is 1. The number of hydrogen-bond donors (Lipinski definition) is 1. The summed E-state index contributed by atoms with van der Waals surface area (Å²) < 4.78 is 39.8. The predicted octanol–water partition coefficient (Wildman–Crippen LogP) is 5.11. The number of nitrogens with zero attached hydrogens (tertiary/aromatic N) is 3. The molecule has 1 heterocycles. The summed E-state index contributed by atoms with van der Waals surface area (Å²) in [4.78, 5) is 8.90. The number of ether oxygens (including phenoxy) is 1. The SMILES string of the molecule is CCCc1cc(OCc2ccccc2C#N)n(CC2CCCC2)n1.O=C(O)C(F)(F)F. The van der Waals surface area contributed by atoms with Gasteiger partial charge in [-0.3, -0.25) is 0 Å². The van der Waals surface area contributed by atoms with Crippen LogP contribution in [0.4, 0.5) is 13.2 Å². The van der Waals surface area contributed by atoms with Crippen LogP contribution < -0.4 is 4.74 Å². The first kappa shape index (κ1) is 24.3. The highest BCUT2D eigenvalue weighted by Gasteiger charge is 2.38. The number of alkyl halides is 3. The van der Waals surface area contributed by atoms with Crippen molar-refractivity contribution in [2.45, 2.75) is 64.8 Å². The fourth-order valence-corrected chi connectivity index (χ4v) is 3.42. The molecule has 168 valence electrons. The van der Waals surface area contributed by atoms with Crippen LogP contribution in [0.1, 0.15) is 55.8 Å². The smallest absolute Gasteiger partial charge is 0.475 e. The van der Waals surface area contributed by atoms with Crippen molar-refractivity contribution in [3.8, 4) is 11.9 Å². The standard InChI is InChI=1S/C20H25N3O.C2HF3O2/c1-2-7-19-12-20(23(22-19)14-16-8-3-4-9-16)24-15-18-11-6-5-10-17(18)13-21;3-2(4,5)1(6)7/h5-6,10-12,16H,2-4,7-9,14-15H2,1H3;(H,6,7). The molecule has 1 fully saturated rings. The van der Waals surface area contributed by atoms with E-state index >= 15 is 0 Å². The van der Waals surface area contributed by atoms with Gasteiger partial charge in [0.2, 0.25) is 5.88 Å². The lowest BCUT2D eigenvalue weighted by molar-refractivity contribution is -0.192. The first-order valence-corrected chi connectivity index (χ1v) is 10.2. The normalized spacial score (nSPS) is 13.9. The van der Waals surface area contributed by atoms with Gasteiger partial charge in [-0.1, -0.05) is 44.4 Å². The van der Waals surface area contributed by atoms with Crippen LogP contribution in [0.2, 0.25) is 0 Å². The van der Waals surface area contributed by atoms with Crippen LogP contribution >= 0.6 is 0 Å². The Morgan fingerprint density at radius 1 is 1.32 bits per heavy atom. The highest BCUT2D eigenvalue weighted by Crippen LogP contribution is 2.28. The maximum atomic E-state index is 10.6. The van der Waals surface area contributed by atoms with Gasteiger partial charge in [-0.25, -0.2) is 9.48 Å². The average molecular weight is 437 g/mol. The van der Waals surface area contributed by atoms with Gasteiger partial charge in [-0.2, -0.15) is 23.5 Å². The third kappa shape index (κ3) is 7.63. The fraction of sp³-hybridized carbons (Fsp3) is 0.500. The van der Waals surface area contributed by atoms with E-state index in [2.05, 4.69) is 19.1 Å². The summed E-state index contributed by atoms with van der Waals surface area (Å²) in [7, 11) is 0. The number of carboxylic acid groups (broad SMARTS) is 1. The molecule has 0 unspecified atom stereocenters. The second-order valence-electron chi connectivity index (χ2n) is 7.42. The highest BCUT2D eigenvalue weighted by molar-refractivity contribution is 5.73. The summed E-state index contributed by atoms with van der Waals surface area (Å²) in [6, 6.07) is 11.9. The zero-order valence-corrected chi connectivity index (χ0v) is 17.4. The molecule has 6 nitrogen and oxygen atoms in total. The molecule has 1 aromatic heterocycles. The van der Waals surface area contributed by atoms with Gasteiger partial charge in [0.25, 0.3) is 0 Å².